The second-order valence-electron chi connectivity index (χ2n) is 4.91. The first-order valence-corrected chi connectivity index (χ1v) is 8.06. The van der Waals surface area contributed by atoms with Crippen molar-refractivity contribution in [1.82, 2.24) is 0 Å². The molecule has 0 saturated carbocycles. The summed E-state index contributed by atoms with van der Waals surface area (Å²) in [6.45, 7) is 0. The van der Waals surface area contributed by atoms with E-state index in [0.717, 1.165) is 12.8 Å². The molecule has 1 fully saturated rings. The van der Waals surface area contributed by atoms with Crippen LogP contribution in [0.4, 0.5) is 0 Å². The molecule has 0 N–H and O–H groups in total. The third kappa shape index (κ3) is 2.15. The lowest BCUT2D eigenvalue weighted by molar-refractivity contribution is 0.581. The molecule has 0 aromatic heterocycles. The largest absolute Gasteiger partial charge is 0.326 e. The van der Waals surface area contributed by atoms with Crippen molar-refractivity contribution >= 4 is 7.80 Å². The molecule has 1 saturated heterocycles. The fourth-order valence-corrected chi connectivity index (χ4v) is 5.32. The van der Waals surface area contributed by atoms with Crippen LogP contribution in [0.2, 0.25) is 0 Å². The molecule has 0 bridgehead atoms. The van der Waals surface area contributed by atoms with Gasteiger partial charge in [0.15, 0.2) is 0 Å². The van der Waals surface area contributed by atoms with Gasteiger partial charge in [-0.15, -0.1) is 0 Å². The fourth-order valence-electron chi connectivity index (χ4n) is 2.89. The summed E-state index contributed by atoms with van der Waals surface area (Å²) in [7, 11) is -1.59. The zero-order valence-electron chi connectivity index (χ0n) is 10.3. The van der Waals surface area contributed by atoms with E-state index in [4.69, 9.17) is 0 Å². The predicted octanol–water partition coefficient (Wildman–Crippen LogP) is 4.82. The first-order valence-electron chi connectivity index (χ1n) is 6.50. The minimum absolute atomic E-state index is 0.279. The third-order valence-electron chi connectivity index (χ3n) is 3.83. The Hall–Kier alpha value is -1.33. The molecule has 18 heavy (non-hydrogen) atoms. The average molecular weight is 256 g/mol. The van der Waals surface area contributed by atoms with E-state index in [1.807, 2.05) is 36.4 Å². The van der Waals surface area contributed by atoms with E-state index in [1.165, 1.54) is 11.1 Å². The Morgan fingerprint density at radius 1 is 0.722 bits per heavy atom. The number of benzene rings is 2. The molecule has 0 amide bonds. The van der Waals surface area contributed by atoms with Crippen LogP contribution in [0.5, 0.6) is 0 Å². The van der Waals surface area contributed by atoms with Crippen molar-refractivity contribution in [2.24, 2.45) is 0 Å². The Balaban J connectivity index is 1.86. The Morgan fingerprint density at radius 3 is 1.50 bits per heavy atom. The van der Waals surface area contributed by atoms with E-state index in [-0.39, 0.29) is 11.3 Å². The first kappa shape index (κ1) is 11.7. The molecule has 2 aromatic carbocycles. The highest BCUT2D eigenvalue weighted by Gasteiger charge is 2.34. The number of rotatable bonds is 2. The van der Waals surface area contributed by atoms with Crippen molar-refractivity contribution in [1.29, 1.82) is 0 Å². The van der Waals surface area contributed by atoms with E-state index >= 15 is 0 Å². The number of hydrogen-bond donors (Lipinski definition) is 0. The minimum atomic E-state index is -1.59. The molecule has 1 nitrogen and oxygen atoms in total. The van der Waals surface area contributed by atoms with Crippen LogP contribution in [0.25, 0.3) is 0 Å². The van der Waals surface area contributed by atoms with Gasteiger partial charge in [-0.25, -0.2) is 0 Å². The summed E-state index contributed by atoms with van der Waals surface area (Å²) >= 11 is 0. The topological polar surface area (TPSA) is 17.1 Å². The summed E-state index contributed by atoms with van der Waals surface area (Å²) in [4.78, 5) is 0. The quantitative estimate of drug-likeness (QED) is 0.704. The zero-order chi connectivity index (χ0) is 12.4. The molecule has 2 atom stereocenters. The lowest BCUT2D eigenvalue weighted by atomic mass is 10.0. The van der Waals surface area contributed by atoms with Gasteiger partial charge in [0.25, 0.3) is 0 Å². The average Bonchev–Trinajstić information content (AvgIpc) is 2.83. The van der Waals surface area contributed by atoms with Crippen molar-refractivity contribution in [3.05, 3.63) is 71.8 Å². The molecule has 2 aromatic rings. The van der Waals surface area contributed by atoms with Gasteiger partial charge in [-0.3, -0.25) is 0 Å². The molecule has 0 radical (unpaired) electrons. The summed E-state index contributed by atoms with van der Waals surface area (Å²) < 4.78 is 12.7. The van der Waals surface area contributed by atoms with Crippen LogP contribution in [0, 0.1) is 0 Å². The maximum absolute atomic E-state index is 12.7. The highest BCUT2D eigenvalue weighted by atomic mass is 31.1. The Kier molecular flexibility index (Phi) is 3.34. The second kappa shape index (κ2) is 5.12. The van der Waals surface area contributed by atoms with Gasteiger partial charge in [0.1, 0.15) is 0 Å². The van der Waals surface area contributed by atoms with E-state index in [9.17, 15) is 4.57 Å². The molecule has 0 aliphatic carbocycles. The molecular weight excluding hydrogens is 239 g/mol. The van der Waals surface area contributed by atoms with E-state index < -0.39 is 7.80 Å². The number of hydrogen-bond acceptors (Lipinski definition) is 1. The van der Waals surface area contributed by atoms with Gasteiger partial charge in [-0.2, -0.15) is 0 Å². The van der Waals surface area contributed by atoms with Crippen molar-refractivity contribution in [3.63, 3.8) is 0 Å². The van der Waals surface area contributed by atoms with E-state index in [2.05, 4.69) is 24.3 Å². The molecule has 92 valence electrons. The summed E-state index contributed by atoms with van der Waals surface area (Å²) in [5, 5.41) is 0. The molecule has 3 rings (SSSR count). The Morgan fingerprint density at radius 2 is 1.11 bits per heavy atom. The van der Waals surface area contributed by atoms with Crippen molar-refractivity contribution in [3.8, 4) is 0 Å². The van der Waals surface area contributed by atoms with Gasteiger partial charge in [-0.1, -0.05) is 60.7 Å². The highest BCUT2D eigenvalue weighted by molar-refractivity contribution is 7.46. The van der Waals surface area contributed by atoms with Gasteiger partial charge >= 0.3 is 0 Å². The summed E-state index contributed by atoms with van der Waals surface area (Å²) in [5.41, 5.74) is 3.06. The van der Waals surface area contributed by atoms with Crippen LogP contribution in [-0.4, -0.2) is 0 Å². The van der Waals surface area contributed by atoms with Gasteiger partial charge in [-0.05, 0) is 24.0 Å². The van der Waals surface area contributed by atoms with E-state index in [1.54, 1.807) is 0 Å². The molecule has 1 aliphatic rings. The maximum atomic E-state index is 12.7. The van der Waals surface area contributed by atoms with Gasteiger partial charge < -0.3 is 4.57 Å². The fraction of sp³-hybridized carbons (Fsp3) is 0.250. The van der Waals surface area contributed by atoms with Crippen LogP contribution < -0.4 is 0 Å². The lowest BCUT2D eigenvalue weighted by Crippen LogP contribution is -1.88. The SMILES string of the molecule is O=[PH]1[C@H](c2ccccc2)CC[C@H]1c1ccccc1. The Labute approximate surface area is 109 Å². The van der Waals surface area contributed by atoms with Crippen molar-refractivity contribution in [2.75, 3.05) is 0 Å². The first-order chi connectivity index (χ1) is 8.86. The van der Waals surface area contributed by atoms with Crippen LogP contribution in [0.1, 0.15) is 35.3 Å². The lowest BCUT2D eigenvalue weighted by Gasteiger charge is -2.12. The molecule has 1 heterocycles. The second-order valence-corrected chi connectivity index (χ2v) is 7.10. The van der Waals surface area contributed by atoms with Crippen LogP contribution in [0.15, 0.2) is 60.7 Å². The van der Waals surface area contributed by atoms with Gasteiger partial charge in [0.2, 0.25) is 0 Å². The monoisotopic (exact) mass is 256 g/mol. The minimum Gasteiger partial charge on any atom is -0.326 e. The summed E-state index contributed by atoms with van der Waals surface area (Å²) in [6.07, 6.45) is 2.11. The van der Waals surface area contributed by atoms with Gasteiger partial charge in [0.05, 0.1) is 7.80 Å². The molecule has 2 heteroatoms. The summed E-state index contributed by atoms with van der Waals surface area (Å²) in [6, 6.07) is 20.7. The standard InChI is InChI=1S/C16H17OP/c17-18-15(13-7-3-1-4-8-13)11-12-16(18)14-9-5-2-6-10-14/h1-10,15-16,18H,11-12H2/t15-,16-/m0/s1. The normalized spacial score (nSPS) is 24.2. The third-order valence-corrected chi connectivity index (χ3v) is 6.45. The zero-order valence-corrected chi connectivity index (χ0v) is 11.3. The predicted molar refractivity (Wildman–Crippen MR) is 76.6 cm³/mol. The van der Waals surface area contributed by atoms with Crippen molar-refractivity contribution < 1.29 is 4.57 Å². The van der Waals surface area contributed by atoms with Crippen molar-refractivity contribution in [2.45, 2.75) is 24.2 Å². The summed E-state index contributed by atoms with van der Waals surface area (Å²) in [5.74, 6) is 0. The maximum Gasteiger partial charge on any atom is 0.0904 e. The van der Waals surface area contributed by atoms with Crippen LogP contribution in [0.3, 0.4) is 0 Å². The smallest absolute Gasteiger partial charge is 0.0904 e. The Bertz CT molecular complexity index is 486. The molecular formula is C16H17OP. The van der Waals surface area contributed by atoms with Crippen LogP contribution in [-0.2, 0) is 4.57 Å². The van der Waals surface area contributed by atoms with E-state index in [0.29, 0.717) is 0 Å². The molecule has 1 aliphatic heterocycles. The van der Waals surface area contributed by atoms with Crippen LogP contribution >= 0.6 is 7.80 Å². The molecule has 0 unspecified atom stereocenters. The van der Waals surface area contributed by atoms with Gasteiger partial charge in [0, 0.05) is 11.3 Å². The highest BCUT2D eigenvalue weighted by Crippen LogP contribution is 2.62. The molecule has 0 spiro atoms.